The van der Waals surface area contributed by atoms with Gasteiger partial charge in [0.1, 0.15) is 5.75 Å². The Labute approximate surface area is 153 Å². The summed E-state index contributed by atoms with van der Waals surface area (Å²) in [6.07, 6.45) is 0.264. The van der Waals surface area contributed by atoms with Gasteiger partial charge in [-0.1, -0.05) is 31.2 Å². The van der Waals surface area contributed by atoms with Crippen LogP contribution in [-0.4, -0.2) is 38.1 Å². The first-order chi connectivity index (χ1) is 12.6. The number of aryl methyl sites for hydroxylation is 1. The summed E-state index contributed by atoms with van der Waals surface area (Å²) in [5, 5.41) is 5.53. The third-order valence-corrected chi connectivity index (χ3v) is 4.35. The zero-order valence-electron chi connectivity index (χ0n) is 15.0. The van der Waals surface area contributed by atoms with Gasteiger partial charge in [0.25, 0.3) is 5.91 Å². The molecule has 0 radical (unpaired) electrons. The number of anilines is 2. The lowest BCUT2D eigenvalue weighted by Gasteiger charge is -2.35. The maximum absolute atomic E-state index is 12.5. The molecule has 3 rings (SSSR count). The molecule has 0 saturated heterocycles. The highest BCUT2D eigenvalue weighted by Crippen LogP contribution is 2.32. The first-order valence-corrected chi connectivity index (χ1v) is 8.71. The van der Waals surface area contributed by atoms with Crippen LogP contribution in [0.2, 0.25) is 0 Å². The molecule has 0 aromatic heterocycles. The van der Waals surface area contributed by atoms with E-state index in [0.717, 1.165) is 17.8 Å². The normalized spacial score (nSPS) is 15.6. The fourth-order valence-corrected chi connectivity index (χ4v) is 3.00. The van der Waals surface area contributed by atoms with Crippen molar-refractivity contribution in [2.24, 2.45) is 0 Å². The van der Waals surface area contributed by atoms with E-state index >= 15 is 0 Å². The number of fused-ring (bicyclic) bond motifs is 1. The van der Waals surface area contributed by atoms with Crippen LogP contribution in [0.3, 0.4) is 0 Å². The molecule has 136 valence electrons. The highest BCUT2D eigenvalue weighted by atomic mass is 16.5. The fourth-order valence-electron chi connectivity index (χ4n) is 3.00. The Balaban J connectivity index is 1.74. The lowest BCUT2D eigenvalue weighted by atomic mass is 10.1. The SMILES string of the molecule is CCc1cccc(NC(=O)CN2C[C@H](C(=O)NC)Oc3ccccc32)c1. The van der Waals surface area contributed by atoms with Crippen LogP contribution in [0.1, 0.15) is 12.5 Å². The number of hydrogen-bond acceptors (Lipinski definition) is 4. The molecule has 26 heavy (non-hydrogen) atoms. The lowest BCUT2D eigenvalue weighted by molar-refractivity contribution is -0.127. The van der Waals surface area contributed by atoms with Gasteiger partial charge in [-0.25, -0.2) is 0 Å². The maximum Gasteiger partial charge on any atom is 0.262 e. The number of amides is 2. The first kappa shape index (κ1) is 17.8. The summed E-state index contributed by atoms with van der Waals surface area (Å²) in [5.74, 6) is 0.263. The molecule has 1 aliphatic heterocycles. The molecule has 6 nitrogen and oxygen atoms in total. The van der Waals surface area contributed by atoms with E-state index in [2.05, 4.69) is 17.6 Å². The van der Waals surface area contributed by atoms with Gasteiger partial charge >= 0.3 is 0 Å². The Hall–Kier alpha value is -3.02. The number of nitrogens with zero attached hydrogens (tertiary/aromatic N) is 1. The summed E-state index contributed by atoms with van der Waals surface area (Å²) in [4.78, 5) is 26.4. The predicted octanol–water partition coefficient (Wildman–Crippen LogP) is 2.20. The molecule has 2 aromatic rings. The third-order valence-electron chi connectivity index (χ3n) is 4.35. The van der Waals surface area contributed by atoms with Gasteiger partial charge in [-0.15, -0.1) is 0 Å². The average molecular weight is 353 g/mol. The van der Waals surface area contributed by atoms with Gasteiger partial charge in [0.15, 0.2) is 6.10 Å². The highest BCUT2D eigenvalue weighted by Gasteiger charge is 2.30. The van der Waals surface area contributed by atoms with Crippen molar-refractivity contribution in [3.05, 3.63) is 54.1 Å². The Morgan fingerprint density at radius 1 is 1.19 bits per heavy atom. The van der Waals surface area contributed by atoms with Crippen LogP contribution in [0.4, 0.5) is 11.4 Å². The summed E-state index contributed by atoms with van der Waals surface area (Å²) in [6.45, 7) is 2.54. The van der Waals surface area contributed by atoms with Crippen LogP contribution >= 0.6 is 0 Å². The molecule has 0 aliphatic carbocycles. The van der Waals surface area contributed by atoms with Crippen LogP contribution in [0.25, 0.3) is 0 Å². The van der Waals surface area contributed by atoms with Gasteiger partial charge in [0.2, 0.25) is 5.91 Å². The van der Waals surface area contributed by atoms with E-state index in [4.69, 9.17) is 4.74 Å². The topological polar surface area (TPSA) is 70.7 Å². The molecule has 2 amide bonds. The van der Waals surface area contributed by atoms with E-state index in [1.54, 1.807) is 13.1 Å². The van der Waals surface area contributed by atoms with E-state index in [9.17, 15) is 9.59 Å². The number of likely N-dealkylation sites (N-methyl/N-ethyl adjacent to an activating group) is 1. The van der Waals surface area contributed by atoms with Crippen molar-refractivity contribution < 1.29 is 14.3 Å². The molecule has 1 aliphatic rings. The van der Waals surface area contributed by atoms with Crippen molar-refractivity contribution in [1.82, 2.24) is 5.32 Å². The Morgan fingerprint density at radius 2 is 2.00 bits per heavy atom. The number of carbonyl (C=O) groups is 2. The second-order valence-corrected chi connectivity index (χ2v) is 6.17. The minimum atomic E-state index is -0.647. The van der Waals surface area contributed by atoms with Crippen molar-refractivity contribution in [3.8, 4) is 5.75 Å². The molecule has 2 N–H and O–H groups in total. The Morgan fingerprint density at radius 3 is 2.77 bits per heavy atom. The smallest absolute Gasteiger partial charge is 0.262 e. The van der Waals surface area contributed by atoms with E-state index in [1.807, 2.05) is 47.4 Å². The zero-order chi connectivity index (χ0) is 18.5. The molecule has 0 unspecified atom stereocenters. The van der Waals surface area contributed by atoms with E-state index in [-0.39, 0.29) is 18.4 Å². The average Bonchev–Trinajstić information content (AvgIpc) is 2.67. The largest absolute Gasteiger partial charge is 0.477 e. The Kier molecular flexibility index (Phi) is 5.41. The van der Waals surface area contributed by atoms with Gasteiger partial charge < -0.3 is 20.3 Å². The number of rotatable bonds is 5. The monoisotopic (exact) mass is 353 g/mol. The minimum absolute atomic E-state index is 0.134. The standard InChI is InChI=1S/C20H23N3O3/c1-3-14-7-6-8-15(11-14)22-19(24)13-23-12-18(20(25)21-2)26-17-10-5-4-9-16(17)23/h4-11,18H,3,12-13H2,1-2H3,(H,21,25)(H,22,24)/t18-/m1/s1. The van der Waals surface area contributed by atoms with Crippen molar-refractivity contribution in [2.45, 2.75) is 19.4 Å². The molecule has 0 spiro atoms. The van der Waals surface area contributed by atoms with Crippen molar-refractivity contribution in [2.75, 3.05) is 30.4 Å². The molecule has 1 atom stereocenters. The minimum Gasteiger partial charge on any atom is -0.477 e. The second kappa shape index (κ2) is 7.91. The Bertz CT molecular complexity index is 806. The number of benzene rings is 2. The number of hydrogen-bond donors (Lipinski definition) is 2. The molecule has 0 bridgehead atoms. The molecule has 0 fully saturated rings. The van der Waals surface area contributed by atoms with Crippen molar-refractivity contribution in [3.63, 3.8) is 0 Å². The first-order valence-electron chi connectivity index (χ1n) is 8.71. The van der Waals surface area contributed by atoms with E-state index in [1.165, 1.54) is 5.56 Å². The summed E-state index contributed by atoms with van der Waals surface area (Å²) in [5.41, 5.74) is 2.75. The molecule has 6 heteroatoms. The van der Waals surface area contributed by atoms with Crippen LogP contribution in [-0.2, 0) is 16.0 Å². The summed E-state index contributed by atoms with van der Waals surface area (Å²) in [6, 6.07) is 15.2. The molecule has 1 heterocycles. The van der Waals surface area contributed by atoms with E-state index < -0.39 is 6.10 Å². The molecular weight excluding hydrogens is 330 g/mol. The summed E-state index contributed by atoms with van der Waals surface area (Å²) < 4.78 is 5.76. The maximum atomic E-state index is 12.5. The highest BCUT2D eigenvalue weighted by molar-refractivity contribution is 5.95. The van der Waals surface area contributed by atoms with Crippen LogP contribution in [0.15, 0.2) is 48.5 Å². The number of nitrogens with one attached hydrogen (secondary N) is 2. The van der Waals surface area contributed by atoms with Crippen molar-refractivity contribution >= 4 is 23.2 Å². The quantitative estimate of drug-likeness (QED) is 0.865. The fraction of sp³-hybridized carbons (Fsp3) is 0.300. The van der Waals surface area contributed by atoms with Gasteiger partial charge in [-0.05, 0) is 36.2 Å². The second-order valence-electron chi connectivity index (χ2n) is 6.17. The third kappa shape index (κ3) is 3.96. The van der Waals surface area contributed by atoms with Gasteiger partial charge in [-0.3, -0.25) is 9.59 Å². The predicted molar refractivity (Wildman–Crippen MR) is 102 cm³/mol. The van der Waals surface area contributed by atoms with Crippen LogP contribution in [0.5, 0.6) is 5.75 Å². The van der Waals surface area contributed by atoms with Gasteiger partial charge in [0.05, 0.1) is 18.8 Å². The number of carbonyl (C=O) groups excluding carboxylic acids is 2. The summed E-state index contributed by atoms with van der Waals surface area (Å²) in [7, 11) is 1.57. The van der Waals surface area contributed by atoms with Gasteiger partial charge in [-0.2, -0.15) is 0 Å². The molecule has 2 aromatic carbocycles. The van der Waals surface area contributed by atoms with E-state index in [0.29, 0.717) is 12.3 Å². The number of para-hydroxylation sites is 2. The number of ether oxygens (including phenoxy) is 1. The molecular formula is C20H23N3O3. The van der Waals surface area contributed by atoms with Crippen LogP contribution < -0.4 is 20.3 Å². The molecule has 0 saturated carbocycles. The summed E-state index contributed by atoms with van der Waals surface area (Å²) >= 11 is 0. The van der Waals surface area contributed by atoms with Gasteiger partial charge in [0, 0.05) is 12.7 Å². The lowest BCUT2D eigenvalue weighted by Crippen LogP contribution is -2.50. The van der Waals surface area contributed by atoms with Crippen molar-refractivity contribution in [1.29, 1.82) is 0 Å². The van der Waals surface area contributed by atoms with Crippen LogP contribution in [0, 0.1) is 0 Å². The zero-order valence-corrected chi connectivity index (χ0v) is 15.0.